The first-order chi connectivity index (χ1) is 8.47. The van der Waals surface area contributed by atoms with Gasteiger partial charge in [0.25, 0.3) is 0 Å². The zero-order chi connectivity index (χ0) is 13.2. The van der Waals surface area contributed by atoms with Gasteiger partial charge in [-0.15, -0.1) is 11.3 Å². The first kappa shape index (κ1) is 12.9. The van der Waals surface area contributed by atoms with Gasteiger partial charge in [-0.05, 0) is 13.0 Å². The minimum Gasteiger partial charge on any atom is -0.328 e. The van der Waals surface area contributed by atoms with Crippen LogP contribution in [0, 0.1) is 6.92 Å². The number of H-pyrrole nitrogens is 1. The summed E-state index contributed by atoms with van der Waals surface area (Å²) in [5, 5.41) is 0.883. The van der Waals surface area contributed by atoms with E-state index in [4.69, 9.17) is 0 Å². The largest absolute Gasteiger partial charge is 0.328 e. The van der Waals surface area contributed by atoms with E-state index < -0.39 is 10.0 Å². The quantitative estimate of drug-likeness (QED) is 0.861. The van der Waals surface area contributed by atoms with Crippen molar-refractivity contribution in [3.05, 3.63) is 44.8 Å². The average Bonchev–Trinajstić information content (AvgIpc) is 2.73. The zero-order valence-electron chi connectivity index (χ0n) is 9.50. The standard InChI is InChI=1S/C10H11N3O3S2/c1-7-11-4-8(17-7)5-13-18(15,16)9-2-3-10(14)12-6-9/h2-4,6,13H,5H2,1H3,(H,12,14). The molecule has 2 aromatic heterocycles. The fourth-order valence-electron chi connectivity index (χ4n) is 1.30. The summed E-state index contributed by atoms with van der Waals surface area (Å²) in [5.74, 6) is 0. The average molecular weight is 285 g/mol. The van der Waals surface area contributed by atoms with E-state index in [9.17, 15) is 13.2 Å². The van der Waals surface area contributed by atoms with Gasteiger partial charge in [-0.1, -0.05) is 0 Å². The second kappa shape index (κ2) is 5.01. The molecule has 0 spiro atoms. The molecular formula is C10H11N3O3S2. The lowest BCUT2D eigenvalue weighted by molar-refractivity contribution is 0.581. The lowest BCUT2D eigenvalue weighted by atomic mass is 10.5. The number of aromatic amines is 1. The number of nitrogens with one attached hydrogen (secondary N) is 2. The van der Waals surface area contributed by atoms with Crippen LogP contribution in [0.1, 0.15) is 9.88 Å². The van der Waals surface area contributed by atoms with Crippen LogP contribution in [-0.2, 0) is 16.6 Å². The first-order valence-corrected chi connectivity index (χ1v) is 7.37. The number of aryl methyl sites for hydroxylation is 1. The predicted octanol–water partition coefficient (Wildman–Crippen LogP) is 0.618. The van der Waals surface area contributed by atoms with Crippen LogP contribution in [0.3, 0.4) is 0 Å². The highest BCUT2D eigenvalue weighted by Gasteiger charge is 2.14. The molecule has 0 saturated carbocycles. The third-order valence-corrected chi connectivity index (χ3v) is 4.48. The van der Waals surface area contributed by atoms with Gasteiger partial charge in [-0.2, -0.15) is 0 Å². The Hall–Kier alpha value is -1.51. The molecule has 8 heteroatoms. The van der Waals surface area contributed by atoms with E-state index >= 15 is 0 Å². The van der Waals surface area contributed by atoms with Crippen molar-refractivity contribution in [1.82, 2.24) is 14.7 Å². The molecule has 2 rings (SSSR count). The number of nitrogens with zero attached hydrogens (tertiary/aromatic N) is 1. The van der Waals surface area contributed by atoms with Gasteiger partial charge < -0.3 is 4.98 Å². The molecule has 0 aromatic carbocycles. The van der Waals surface area contributed by atoms with E-state index in [0.717, 1.165) is 9.88 Å². The molecule has 0 aliphatic rings. The number of hydrogen-bond donors (Lipinski definition) is 2. The van der Waals surface area contributed by atoms with E-state index in [-0.39, 0.29) is 17.0 Å². The monoisotopic (exact) mass is 285 g/mol. The minimum atomic E-state index is -3.61. The number of sulfonamides is 1. The van der Waals surface area contributed by atoms with E-state index in [1.54, 1.807) is 6.20 Å². The van der Waals surface area contributed by atoms with Crippen molar-refractivity contribution < 1.29 is 8.42 Å². The number of aromatic nitrogens is 2. The molecule has 2 N–H and O–H groups in total. The molecule has 2 aromatic rings. The third kappa shape index (κ3) is 3.03. The van der Waals surface area contributed by atoms with Gasteiger partial charge >= 0.3 is 0 Å². The van der Waals surface area contributed by atoms with Crippen LogP contribution in [0.2, 0.25) is 0 Å². The van der Waals surface area contributed by atoms with E-state index in [1.165, 1.54) is 29.7 Å². The lowest BCUT2D eigenvalue weighted by Gasteiger charge is -2.04. The second-order valence-electron chi connectivity index (χ2n) is 3.56. The van der Waals surface area contributed by atoms with Gasteiger partial charge in [0, 0.05) is 29.9 Å². The minimum absolute atomic E-state index is 0.0309. The molecule has 6 nitrogen and oxygen atoms in total. The molecule has 0 fully saturated rings. The molecule has 0 unspecified atom stereocenters. The van der Waals surface area contributed by atoms with Gasteiger partial charge in [0.2, 0.25) is 15.6 Å². The zero-order valence-corrected chi connectivity index (χ0v) is 11.1. The van der Waals surface area contributed by atoms with Crippen molar-refractivity contribution >= 4 is 21.4 Å². The highest BCUT2D eigenvalue weighted by atomic mass is 32.2. The van der Waals surface area contributed by atoms with Crippen molar-refractivity contribution in [2.75, 3.05) is 0 Å². The number of pyridine rings is 1. The summed E-state index contributed by atoms with van der Waals surface area (Å²) in [6.45, 7) is 2.04. The van der Waals surface area contributed by atoms with Crippen molar-refractivity contribution in [2.24, 2.45) is 0 Å². The summed E-state index contributed by atoms with van der Waals surface area (Å²) in [5.41, 5.74) is -0.341. The van der Waals surface area contributed by atoms with Gasteiger partial charge in [0.1, 0.15) is 0 Å². The summed E-state index contributed by atoms with van der Waals surface area (Å²) < 4.78 is 26.2. The topological polar surface area (TPSA) is 91.9 Å². The first-order valence-electron chi connectivity index (χ1n) is 5.07. The molecule has 2 heterocycles. The molecule has 96 valence electrons. The van der Waals surface area contributed by atoms with Crippen LogP contribution >= 0.6 is 11.3 Å². The Labute approximate surface area is 108 Å². The van der Waals surface area contributed by atoms with Crippen LogP contribution in [-0.4, -0.2) is 18.4 Å². The van der Waals surface area contributed by atoms with Gasteiger partial charge in [-0.25, -0.2) is 18.1 Å². The third-order valence-electron chi connectivity index (χ3n) is 2.17. The van der Waals surface area contributed by atoms with E-state index in [2.05, 4.69) is 14.7 Å². The smallest absolute Gasteiger partial charge is 0.247 e. The molecular weight excluding hydrogens is 274 g/mol. The Bertz CT molecular complexity index is 683. The Morgan fingerprint density at radius 3 is 2.78 bits per heavy atom. The van der Waals surface area contributed by atoms with Gasteiger partial charge in [-0.3, -0.25) is 4.79 Å². The van der Waals surface area contributed by atoms with Crippen LogP contribution < -0.4 is 10.3 Å². The highest BCUT2D eigenvalue weighted by molar-refractivity contribution is 7.89. The Kier molecular flexibility index (Phi) is 3.60. The van der Waals surface area contributed by atoms with Crippen molar-refractivity contribution in [3.8, 4) is 0 Å². The summed E-state index contributed by atoms with van der Waals surface area (Å²) in [7, 11) is -3.61. The second-order valence-corrected chi connectivity index (χ2v) is 6.65. The summed E-state index contributed by atoms with van der Waals surface area (Å²) in [6.07, 6.45) is 2.80. The van der Waals surface area contributed by atoms with Crippen LogP contribution in [0.15, 0.2) is 34.2 Å². The normalized spacial score (nSPS) is 11.6. The molecule has 18 heavy (non-hydrogen) atoms. The van der Waals surface area contributed by atoms with Crippen molar-refractivity contribution in [1.29, 1.82) is 0 Å². The molecule has 0 bridgehead atoms. The Morgan fingerprint density at radius 2 is 2.22 bits per heavy atom. The lowest BCUT2D eigenvalue weighted by Crippen LogP contribution is -2.23. The van der Waals surface area contributed by atoms with Crippen LogP contribution in [0.4, 0.5) is 0 Å². The molecule has 0 radical (unpaired) electrons. The maximum absolute atomic E-state index is 11.9. The Morgan fingerprint density at radius 1 is 1.44 bits per heavy atom. The van der Waals surface area contributed by atoms with Crippen LogP contribution in [0.25, 0.3) is 0 Å². The number of rotatable bonds is 4. The fourth-order valence-corrected chi connectivity index (χ4v) is 3.10. The van der Waals surface area contributed by atoms with Crippen LogP contribution in [0.5, 0.6) is 0 Å². The molecule has 0 saturated heterocycles. The molecule has 0 aliphatic carbocycles. The van der Waals surface area contributed by atoms with Gasteiger partial charge in [0.15, 0.2) is 0 Å². The summed E-state index contributed by atoms with van der Waals surface area (Å²) >= 11 is 1.43. The molecule has 0 atom stereocenters. The van der Waals surface area contributed by atoms with E-state index in [0.29, 0.717) is 0 Å². The van der Waals surface area contributed by atoms with E-state index in [1.807, 2.05) is 6.92 Å². The molecule has 0 aliphatic heterocycles. The Balaban J connectivity index is 2.12. The van der Waals surface area contributed by atoms with Crippen molar-refractivity contribution in [3.63, 3.8) is 0 Å². The highest BCUT2D eigenvalue weighted by Crippen LogP contribution is 2.12. The summed E-state index contributed by atoms with van der Waals surface area (Å²) in [4.78, 5) is 18.1. The maximum atomic E-state index is 11.9. The predicted molar refractivity (Wildman–Crippen MR) is 67.9 cm³/mol. The van der Waals surface area contributed by atoms with Gasteiger partial charge in [0.05, 0.1) is 9.90 Å². The SMILES string of the molecule is Cc1ncc(CNS(=O)(=O)c2ccc(=O)[nH]c2)s1. The molecule has 0 amide bonds. The number of hydrogen-bond acceptors (Lipinski definition) is 5. The fraction of sp³-hybridized carbons (Fsp3) is 0.200. The number of thiazole rings is 1. The van der Waals surface area contributed by atoms with Crippen molar-refractivity contribution in [2.45, 2.75) is 18.4 Å². The maximum Gasteiger partial charge on any atom is 0.247 e. The summed E-state index contributed by atoms with van der Waals surface area (Å²) in [6, 6.07) is 2.44.